The summed E-state index contributed by atoms with van der Waals surface area (Å²) in [7, 11) is 2.79. The molecule has 0 saturated carbocycles. The lowest BCUT2D eigenvalue weighted by atomic mass is 9.94. The predicted octanol–water partition coefficient (Wildman–Crippen LogP) is 1.49. The van der Waals surface area contributed by atoms with E-state index in [0.29, 0.717) is 35.5 Å². The first-order valence-electron chi connectivity index (χ1n) is 10.4. The van der Waals surface area contributed by atoms with Crippen molar-refractivity contribution in [1.29, 1.82) is 0 Å². The lowest BCUT2D eigenvalue weighted by Crippen LogP contribution is -2.36. The minimum absolute atomic E-state index is 0.0434. The number of esters is 1. The Morgan fingerprint density at radius 2 is 1.64 bits per heavy atom. The number of benzene rings is 2. The van der Waals surface area contributed by atoms with Crippen LogP contribution in [0, 0.1) is 0 Å². The van der Waals surface area contributed by atoms with Gasteiger partial charge in [-0.05, 0) is 42.0 Å². The van der Waals surface area contributed by atoms with E-state index in [4.69, 9.17) is 14.6 Å². The SMILES string of the molecule is COC(=O)c1ccc([C@H]2C(=C(O)c3ccc(OC)cc3)C(=O)C(=O)N2CCNCCO)cc1. The number of amides is 1. The van der Waals surface area contributed by atoms with Gasteiger partial charge in [-0.1, -0.05) is 12.1 Å². The van der Waals surface area contributed by atoms with Crippen LogP contribution in [0.2, 0.25) is 0 Å². The Balaban J connectivity index is 2.05. The van der Waals surface area contributed by atoms with E-state index in [-0.39, 0.29) is 24.5 Å². The van der Waals surface area contributed by atoms with Crippen LogP contribution in [0.1, 0.15) is 27.5 Å². The van der Waals surface area contributed by atoms with Crippen LogP contribution in [-0.4, -0.2) is 73.2 Å². The summed E-state index contributed by atoms with van der Waals surface area (Å²) in [5.74, 6) is -1.77. The van der Waals surface area contributed by atoms with Crippen molar-refractivity contribution in [2.75, 3.05) is 40.5 Å². The molecule has 1 amide bonds. The van der Waals surface area contributed by atoms with Crippen molar-refractivity contribution in [1.82, 2.24) is 10.2 Å². The molecule has 0 radical (unpaired) electrons. The second-order valence-corrected chi connectivity index (χ2v) is 7.31. The molecule has 0 aliphatic carbocycles. The Labute approximate surface area is 191 Å². The van der Waals surface area contributed by atoms with Gasteiger partial charge in [-0.25, -0.2) is 4.79 Å². The number of methoxy groups -OCH3 is 2. The fraction of sp³-hybridized carbons (Fsp3) is 0.292. The topological polar surface area (TPSA) is 125 Å². The minimum Gasteiger partial charge on any atom is -0.507 e. The summed E-state index contributed by atoms with van der Waals surface area (Å²) in [4.78, 5) is 39.0. The quantitative estimate of drug-likeness (QED) is 0.171. The molecule has 0 unspecified atom stereocenters. The first-order chi connectivity index (χ1) is 15.9. The molecule has 1 atom stereocenters. The second kappa shape index (κ2) is 10.8. The molecular weight excluding hydrogens is 428 g/mol. The van der Waals surface area contributed by atoms with Gasteiger partial charge in [-0.15, -0.1) is 0 Å². The highest BCUT2D eigenvalue weighted by Crippen LogP contribution is 2.39. The molecule has 2 aromatic carbocycles. The van der Waals surface area contributed by atoms with Gasteiger partial charge in [0.05, 0.1) is 38.0 Å². The van der Waals surface area contributed by atoms with Crippen LogP contribution in [0.25, 0.3) is 5.76 Å². The van der Waals surface area contributed by atoms with Crippen molar-refractivity contribution < 1.29 is 34.1 Å². The molecule has 3 N–H and O–H groups in total. The van der Waals surface area contributed by atoms with Crippen molar-refractivity contribution in [3.8, 4) is 5.75 Å². The first-order valence-corrected chi connectivity index (χ1v) is 10.4. The van der Waals surface area contributed by atoms with Gasteiger partial charge in [0, 0.05) is 25.2 Å². The lowest BCUT2D eigenvalue weighted by Gasteiger charge is -2.25. The molecule has 3 rings (SSSR count). The summed E-state index contributed by atoms with van der Waals surface area (Å²) in [6.45, 7) is 0.795. The molecule has 0 spiro atoms. The van der Waals surface area contributed by atoms with Gasteiger partial charge in [0.25, 0.3) is 11.7 Å². The van der Waals surface area contributed by atoms with E-state index in [0.717, 1.165) is 0 Å². The number of likely N-dealkylation sites (tertiary alicyclic amines) is 1. The van der Waals surface area contributed by atoms with Crippen molar-refractivity contribution >= 4 is 23.4 Å². The van der Waals surface area contributed by atoms with Gasteiger partial charge in [-0.2, -0.15) is 0 Å². The molecule has 1 saturated heterocycles. The maximum Gasteiger partial charge on any atom is 0.337 e. The molecule has 9 nitrogen and oxygen atoms in total. The average molecular weight is 454 g/mol. The van der Waals surface area contributed by atoms with Crippen LogP contribution < -0.4 is 10.1 Å². The number of Topliss-reactive ketones (excluding diaryl/α,β-unsaturated/α-hetero) is 1. The molecule has 1 fully saturated rings. The number of carbonyl (C=O) groups excluding carboxylic acids is 3. The fourth-order valence-corrected chi connectivity index (χ4v) is 3.68. The van der Waals surface area contributed by atoms with E-state index in [1.807, 2.05) is 0 Å². The Hall–Kier alpha value is -3.69. The number of nitrogens with zero attached hydrogens (tertiary/aromatic N) is 1. The van der Waals surface area contributed by atoms with E-state index in [1.165, 1.54) is 19.1 Å². The van der Waals surface area contributed by atoms with Crippen molar-refractivity contribution in [2.45, 2.75) is 6.04 Å². The number of hydrogen-bond acceptors (Lipinski definition) is 8. The standard InChI is InChI=1S/C24H26N2O7/c1-32-18-9-7-16(8-10-18)21(28)19-20(15-3-5-17(6-4-15)24(31)33-2)26(23(30)22(19)29)13-11-25-12-14-27/h3-10,20,25,27-28H,11-14H2,1-2H3/t20-/m0/s1. The van der Waals surface area contributed by atoms with Gasteiger partial charge in [0.2, 0.25) is 0 Å². The Kier molecular flexibility index (Phi) is 7.81. The fourth-order valence-electron chi connectivity index (χ4n) is 3.68. The smallest absolute Gasteiger partial charge is 0.337 e. The van der Waals surface area contributed by atoms with Gasteiger partial charge >= 0.3 is 5.97 Å². The highest BCUT2D eigenvalue weighted by molar-refractivity contribution is 6.46. The summed E-state index contributed by atoms with van der Waals surface area (Å²) in [5, 5.41) is 23.0. The molecule has 2 aromatic rings. The van der Waals surface area contributed by atoms with E-state index in [9.17, 15) is 19.5 Å². The first kappa shape index (κ1) is 24.0. The van der Waals surface area contributed by atoms with Gasteiger partial charge < -0.3 is 29.9 Å². The van der Waals surface area contributed by atoms with Crippen LogP contribution in [-0.2, 0) is 14.3 Å². The molecule has 1 aliphatic rings. The molecule has 174 valence electrons. The lowest BCUT2D eigenvalue weighted by molar-refractivity contribution is -0.139. The molecule has 1 aliphatic heterocycles. The molecular formula is C24H26N2O7. The Morgan fingerprint density at radius 3 is 2.21 bits per heavy atom. The average Bonchev–Trinajstić information content (AvgIpc) is 3.10. The van der Waals surface area contributed by atoms with Gasteiger partial charge in [0.15, 0.2) is 0 Å². The van der Waals surface area contributed by atoms with Crippen LogP contribution in [0.3, 0.4) is 0 Å². The molecule has 0 aromatic heterocycles. The molecule has 33 heavy (non-hydrogen) atoms. The van der Waals surface area contributed by atoms with Crippen molar-refractivity contribution in [3.05, 3.63) is 70.8 Å². The number of aliphatic hydroxyl groups excluding tert-OH is 2. The molecule has 9 heteroatoms. The van der Waals surface area contributed by atoms with E-state index >= 15 is 0 Å². The third-order valence-corrected chi connectivity index (χ3v) is 5.37. The zero-order valence-corrected chi connectivity index (χ0v) is 18.4. The van der Waals surface area contributed by atoms with Crippen molar-refractivity contribution in [3.63, 3.8) is 0 Å². The van der Waals surface area contributed by atoms with E-state index < -0.39 is 23.7 Å². The maximum atomic E-state index is 13.0. The van der Waals surface area contributed by atoms with Crippen LogP contribution in [0.5, 0.6) is 5.75 Å². The highest BCUT2D eigenvalue weighted by Gasteiger charge is 2.45. The number of nitrogens with one attached hydrogen (secondary N) is 1. The summed E-state index contributed by atoms with van der Waals surface area (Å²) in [6.07, 6.45) is 0. The van der Waals surface area contributed by atoms with Crippen LogP contribution in [0.4, 0.5) is 0 Å². The largest absolute Gasteiger partial charge is 0.507 e. The minimum atomic E-state index is -0.852. The van der Waals surface area contributed by atoms with E-state index in [2.05, 4.69) is 5.32 Å². The second-order valence-electron chi connectivity index (χ2n) is 7.31. The number of carbonyl (C=O) groups is 3. The van der Waals surface area contributed by atoms with Crippen molar-refractivity contribution in [2.24, 2.45) is 0 Å². The third-order valence-electron chi connectivity index (χ3n) is 5.37. The number of rotatable bonds is 9. The normalized spacial score (nSPS) is 17.3. The number of hydrogen-bond donors (Lipinski definition) is 3. The van der Waals surface area contributed by atoms with Crippen LogP contribution in [0.15, 0.2) is 54.1 Å². The van der Waals surface area contributed by atoms with Gasteiger partial charge in [0.1, 0.15) is 11.5 Å². The van der Waals surface area contributed by atoms with Gasteiger partial charge in [-0.3, -0.25) is 9.59 Å². The number of ketones is 1. The Morgan fingerprint density at radius 1 is 1.00 bits per heavy atom. The summed E-state index contributed by atoms with van der Waals surface area (Å²) in [5.41, 5.74) is 1.19. The highest BCUT2D eigenvalue weighted by atomic mass is 16.5. The Bertz CT molecular complexity index is 1050. The number of aliphatic hydroxyl groups is 2. The third kappa shape index (κ3) is 5.05. The summed E-state index contributed by atoms with van der Waals surface area (Å²) < 4.78 is 9.86. The van der Waals surface area contributed by atoms with Crippen LogP contribution >= 0.6 is 0 Å². The van der Waals surface area contributed by atoms with E-state index in [1.54, 1.807) is 48.5 Å². The molecule has 1 heterocycles. The zero-order chi connectivity index (χ0) is 24.0. The number of ether oxygens (including phenoxy) is 2. The maximum absolute atomic E-state index is 13.0. The monoisotopic (exact) mass is 454 g/mol. The zero-order valence-electron chi connectivity index (χ0n) is 18.4. The molecule has 0 bridgehead atoms. The summed E-state index contributed by atoms with van der Waals surface area (Å²) in [6, 6.07) is 12.0. The predicted molar refractivity (Wildman–Crippen MR) is 120 cm³/mol. The summed E-state index contributed by atoms with van der Waals surface area (Å²) >= 11 is 0.